The lowest BCUT2D eigenvalue weighted by Gasteiger charge is -2.28. The van der Waals surface area contributed by atoms with Gasteiger partial charge in [-0.1, -0.05) is 12.1 Å². The fourth-order valence-corrected chi connectivity index (χ4v) is 2.67. The van der Waals surface area contributed by atoms with Crippen molar-refractivity contribution in [2.45, 2.75) is 26.4 Å². The molecule has 5 nitrogen and oxygen atoms in total. The van der Waals surface area contributed by atoms with E-state index in [9.17, 15) is 4.79 Å². The van der Waals surface area contributed by atoms with Crippen LogP contribution in [0.4, 0.5) is 0 Å². The molecular formula is C16H18N4O. The normalized spacial score (nSPS) is 14.7. The topological polar surface area (TPSA) is 72.1 Å². The highest BCUT2D eigenvalue weighted by molar-refractivity contribution is 5.92. The molecule has 0 saturated carbocycles. The molecule has 0 unspecified atom stereocenters. The number of carbonyl (C=O) groups excluding carboxylic acids is 1. The summed E-state index contributed by atoms with van der Waals surface area (Å²) < 4.78 is 0. The number of amides is 1. The Kier molecular flexibility index (Phi) is 3.66. The van der Waals surface area contributed by atoms with Crippen molar-refractivity contribution in [2.24, 2.45) is 5.73 Å². The third-order valence-corrected chi connectivity index (χ3v) is 3.76. The van der Waals surface area contributed by atoms with Crippen molar-refractivity contribution in [3.63, 3.8) is 0 Å². The van der Waals surface area contributed by atoms with Gasteiger partial charge in [-0.25, -0.2) is 9.97 Å². The minimum absolute atomic E-state index is 0.385. The van der Waals surface area contributed by atoms with Crippen molar-refractivity contribution >= 4 is 5.91 Å². The Hall–Kier alpha value is -2.27. The molecule has 0 fully saturated rings. The molecule has 1 aromatic carbocycles. The minimum atomic E-state index is -0.385. The van der Waals surface area contributed by atoms with Crippen molar-refractivity contribution in [1.29, 1.82) is 0 Å². The van der Waals surface area contributed by atoms with E-state index in [1.54, 1.807) is 6.07 Å². The van der Waals surface area contributed by atoms with Crippen LogP contribution in [0.5, 0.6) is 0 Å². The molecule has 0 spiro atoms. The lowest BCUT2D eigenvalue weighted by atomic mass is 10.0. The van der Waals surface area contributed by atoms with Gasteiger partial charge in [-0.15, -0.1) is 0 Å². The quantitative estimate of drug-likeness (QED) is 0.924. The van der Waals surface area contributed by atoms with Crippen LogP contribution < -0.4 is 5.73 Å². The predicted octanol–water partition coefficient (Wildman–Crippen LogP) is 1.44. The van der Waals surface area contributed by atoms with E-state index in [1.165, 1.54) is 5.56 Å². The summed E-state index contributed by atoms with van der Waals surface area (Å²) in [7, 11) is 0. The van der Waals surface area contributed by atoms with Gasteiger partial charge in [0.25, 0.3) is 0 Å². The van der Waals surface area contributed by atoms with Crippen molar-refractivity contribution in [3.05, 3.63) is 58.7 Å². The highest BCUT2D eigenvalue weighted by Crippen LogP contribution is 2.18. The number of nitrogens with zero attached hydrogens (tertiary/aromatic N) is 3. The van der Waals surface area contributed by atoms with E-state index in [0.29, 0.717) is 5.56 Å². The second kappa shape index (κ2) is 5.61. The molecule has 3 rings (SSSR count). The fraction of sp³-hybridized carbons (Fsp3) is 0.312. The van der Waals surface area contributed by atoms with Gasteiger partial charge < -0.3 is 5.73 Å². The summed E-state index contributed by atoms with van der Waals surface area (Å²) in [6.45, 7) is 4.50. The number of nitrogens with two attached hydrogens (primary N) is 1. The lowest BCUT2D eigenvalue weighted by Crippen LogP contribution is -2.31. The maximum Gasteiger partial charge on any atom is 0.248 e. The number of primary amides is 1. The minimum Gasteiger partial charge on any atom is -0.366 e. The highest BCUT2D eigenvalue weighted by Gasteiger charge is 2.18. The van der Waals surface area contributed by atoms with Crippen LogP contribution in [0.25, 0.3) is 0 Å². The molecule has 0 bridgehead atoms. The zero-order valence-corrected chi connectivity index (χ0v) is 12.0. The van der Waals surface area contributed by atoms with Gasteiger partial charge in [-0.05, 0) is 36.6 Å². The summed E-state index contributed by atoms with van der Waals surface area (Å²) >= 11 is 0. The molecule has 0 saturated heterocycles. The Morgan fingerprint density at radius 3 is 3.10 bits per heavy atom. The third kappa shape index (κ3) is 3.08. The fourth-order valence-electron chi connectivity index (χ4n) is 2.67. The molecule has 2 aromatic rings. The Morgan fingerprint density at radius 1 is 1.43 bits per heavy atom. The van der Waals surface area contributed by atoms with Crippen molar-refractivity contribution < 1.29 is 4.79 Å². The Bertz CT molecular complexity index is 684. The molecule has 21 heavy (non-hydrogen) atoms. The average Bonchev–Trinajstić information content (AvgIpc) is 2.47. The Balaban J connectivity index is 1.75. The molecule has 0 atom stereocenters. The van der Waals surface area contributed by atoms with Crippen molar-refractivity contribution in [3.8, 4) is 0 Å². The Morgan fingerprint density at radius 2 is 2.29 bits per heavy atom. The van der Waals surface area contributed by atoms with Crippen LogP contribution in [-0.4, -0.2) is 27.3 Å². The van der Waals surface area contributed by atoms with Gasteiger partial charge in [-0.2, -0.15) is 0 Å². The summed E-state index contributed by atoms with van der Waals surface area (Å²) in [6.07, 6.45) is 2.90. The van der Waals surface area contributed by atoms with Gasteiger partial charge in [-0.3, -0.25) is 9.69 Å². The van der Waals surface area contributed by atoms with E-state index >= 15 is 0 Å². The zero-order chi connectivity index (χ0) is 14.8. The first-order valence-corrected chi connectivity index (χ1v) is 7.04. The van der Waals surface area contributed by atoms with Gasteiger partial charge in [0.15, 0.2) is 0 Å². The standard InChI is InChI=1S/C16H18N4O/c1-11-18-8-14-5-6-20(10-15(14)19-11)9-12-3-2-4-13(7-12)16(17)21/h2-4,7-8H,5-6,9-10H2,1H3,(H2,17,21). The molecule has 5 heteroatoms. The predicted molar refractivity (Wildman–Crippen MR) is 79.5 cm³/mol. The molecule has 1 amide bonds. The molecule has 1 aromatic heterocycles. The number of fused-ring (bicyclic) bond motifs is 1. The maximum atomic E-state index is 11.2. The van der Waals surface area contributed by atoms with Crippen molar-refractivity contribution in [1.82, 2.24) is 14.9 Å². The van der Waals surface area contributed by atoms with Gasteiger partial charge in [0, 0.05) is 31.4 Å². The number of hydrogen-bond acceptors (Lipinski definition) is 4. The molecule has 0 aliphatic carbocycles. The number of rotatable bonds is 3. The zero-order valence-electron chi connectivity index (χ0n) is 12.0. The van der Waals surface area contributed by atoms with Crippen LogP contribution in [0.3, 0.4) is 0 Å². The summed E-state index contributed by atoms with van der Waals surface area (Å²) in [4.78, 5) is 22.3. The summed E-state index contributed by atoms with van der Waals surface area (Å²) in [5.74, 6) is 0.426. The van der Waals surface area contributed by atoms with Gasteiger partial charge in [0.2, 0.25) is 5.91 Å². The van der Waals surface area contributed by atoms with Crippen LogP contribution in [0.1, 0.15) is 33.0 Å². The lowest BCUT2D eigenvalue weighted by molar-refractivity contribution is 0.1000. The average molecular weight is 282 g/mol. The second-order valence-corrected chi connectivity index (χ2v) is 5.41. The SMILES string of the molecule is Cc1ncc2c(n1)CN(Cc1cccc(C(N)=O)c1)CC2. The first kappa shape index (κ1) is 13.7. The van der Waals surface area contributed by atoms with E-state index in [4.69, 9.17) is 5.73 Å². The molecule has 2 N–H and O–H groups in total. The molecule has 1 aliphatic heterocycles. The van der Waals surface area contributed by atoms with Crippen LogP contribution in [0.15, 0.2) is 30.5 Å². The summed E-state index contributed by atoms with van der Waals surface area (Å²) in [5, 5.41) is 0. The molecule has 2 heterocycles. The number of aromatic nitrogens is 2. The number of aryl methyl sites for hydroxylation is 1. The first-order valence-electron chi connectivity index (χ1n) is 7.04. The first-order chi connectivity index (χ1) is 10.1. The molecule has 108 valence electrons. The number of benzene rings is 1. The number of carbonyl (C=O) groups is 1. The summed E-state index contributed by atoms with van der Waals surface area (Å²) in [6, 6.07) is 7.50. The molecule has 0 radical (unpaired) electrons. The Labute approximate surface area is 123 Å². The van der Waals surface area contributed by atoms with Gasteiger partial charge in [0.1, 0.15) is 5.82 Å². The van der Waals surface area contributed by atoms with Crippen LogP contribution >= 0.6 is 0 Å². The highest BCUT2D eigenvalue weighted by atomic mass is 16.1. The maximum absolute atomic E-state index is 11.2. The van der Waals surface area contributed by atoms with E-state index < -0.39 is 0 Å². The van der Waals surface area contributed by atoms with Crippen LogP contribution in [-0.2, 0) is 19.5 Å². The molecule has 1 aliphatic rings. The van der Waals surface area contributed by atoms with Crippen LogP contribution in [0, 0.1) is 6.92 Å². The van der Waals surface area contributed by atoms with E-state index in [-0.39, 0.29) is 5.91 Å². The monoisotopic (exact) mass is 282 g/mol. The van der Waals surface area contributed by atoms with Crippen LogP contribution in [0.2, 0.25) is 0 Å². The molecular weight excluding hydrogens is 264 g/mol. The third-order valence-electron chi connectivity index (χ3n) is 3.76. The largest absolute Gasteiger partial charge is 0.366 e. The van der Waals surface area contributed by atoms with E-state index in [2.05, 4.69) is 14.9 Å². The van der Waals surface area contributed by atoms with E-state index in [1.807, 2.05) is 31.3 Å². The van der Waals surface area contributed by atoms with E-state index in [0.717, 1.165) is 43.1 Å². The van der Waals surface area contributed by atoms with Gasteiger partial charge >= 0.3 is 0 Å². The summed E-state index contributed by atoms with van der Waals surface area (Å²) in [5.41, 5.74) is 9.33. The number of hydrogen-bond donors (Lipinski definition) is 1. The van der Waals surface area contributed by atoms with Crippen molar-refractivity contribution in [2.75, 3.05) is 6.54 Å². The van der Waals surface area contributed by atoms with Gasteiger partial charge in [0.05, 0.1) is 5.69 Å². The second-order valence-electron chi connectivity index (χ2n) is 5.41. The smallest absolute Gasteiger partial charge is 0.248 e.